The van der Waals surface area contributed by atoms with Crippen LogP contribution >= 0.6 is 0 Å². The molecule has 0 saturated heterocycles. The second kappa shape index (κ2) is 9.04. The first-order valence-corrected chi connectivity index (χ1v) is 11.0. The number of hydrogen-bond acceptors (Lipinski definition) is 5. The van der Waals surface area contributed by atoms with Crippen LogP contribution in [0.1, 0.15) is 37.9 Å². The van der Waals surface area contributed by atoms with E-state index >= 15 is 0 Å². The predicted octanol–water partition coefficient (Wildman–Crippen LogP) is 3.19. The van der Waals surface area contributed by atoms with E-state index in [1.54, 1.807) is 0 Å². The number of nitro benzene ring substituents is 1. The standard InChI is InChI=1S/C20H25N3O5S/c1-5-16-9-11-17(12-10-16)14(2)21-20(24)15(3)22(29(4,27)28)18-7-6-8-19(13-18)23(25)26/h6-15H,5H2,1-4H3,(H,21,24)/t14-,15-/m0/s1. The highest BCUT2D eigenvalue weighted by Gasteiger charge is 2.30. The quantitative estimate of drug-likeness (QED) is 0.522. The Morgan fingerprint density at radius 1 is 1.17 bits per heavy atom. The van der Waals surface area contributed by atoms with Gasteiger partial charge in [0.15, 0.2) is 0 Å². The summed E-state index contributed by atoms with van der Waals surface area (Å²) in [5.74, 6) is -0.506. The Bertz CT molecular complexity index is 989. The molecule has 2 rings (SSSR count). The first-order valence-electron chi connectivity index (χ1n) is 9.17. The molecule has 8 nitrogen and oxygen atoms in total. The molecule has 0 radical (unpaired) electrons. The van der Waals surface area contributed by atoms with Crippen molar-refractivity contribution in [2.75, 3.05) is 10.6 Å². The molecule has 2 aromatic rings. The number of rotatable bonds is 8. The van der Waals surface area contributed by atoms with Crippen molar-refractivity contribution in [2.24, 2.45) is 0 Å². The molecule has 0 aliphatic heterocycles. The molecule has 2 aromatic carbocycles. The number of carbonyl (C=O) groups is 1. The fraction of sp³-hybridized carbons (Fsp3) is 0.350. The van der Waals surface area contributed by atoms with Gasteiger partial charge in [0.25, 0.3) is 5.69 Å². The summed E-state index contributed by atoms with van der Waals surface area (Å²) in [6.45, 7) is 5.31. The summed E-state index contributed by atoms with van der Waals surface area (Å²) in [6, 6.07) is 11.6. The van der Waals surface area contributed by atoms with E-state index in [-0.39, 0.29) is 17.4 Å². The Labute approximate surface area is 170 Å². The SMILES string of the molecule is CCc1ccc([C@H](C)NC(=O)[C@H](C)N(c2cccc([N+](=O)[O-])c2)S(C)(=O)=O)cc1. The summed E-state index contributed by atoms with van der Waals surface area (Å²) in [6.07, 6.45) is 1.87. The Hall–Kier alpha value is -2.94. The number of carbonyl (C=O) groups excluding carboxylic acids is 1. The Balaban J connectivity index is 2.26. The van der Waals surface area contributed by atoms with E-state index in [9.17, 15) is 23.3 Å². The van der Waals surface area contributed by atoms with Crippen LogP contribution in [0, 0.1) is 10.1 Å². The van der Waals surface area contributed by atoms with Crippen LogP contribution in [0.15, 0.2) is 48.5 Å². The van der Waals surface area contributed by atoms with Gasteiger partial charge in [0.05, 0.1) is 22.9 Å². The minimum absolute atomic E-state index is 0.0595. The van der Waals surface area contributed by atoms with Gasteiger partial charge in [0.2, 0.25) is 15.9 Å². The first kappa shape index (κ1) is 22.4. The van der Waals surface area contributed by atoms with E-state index in [1.807, 2.05) is 31.2 Å². The van der Waals surface area contributed by atoms with Gasteiger partial charge >= 0.3 is 0 Å². The number of nitrogens with zero attached hydrogens (tertiary/aromatic N) is 2. The van der Waals surface area contributed by atoms with Gasteiger partial charge in [0.1, 0.15) is 6.04 Å². The summed E-state index contributed by atoms with van der Waals surface area (Å²) in [4.78, 5) is 23.2. The largest absolute Gasteiger partial charge is 0.348 e. The molecule has 0 spiro atoms. The summed E-state index contributed by atoms with van der Waals surface area (Å²) in [5, 5.41) is 13.8. The van der Waals surface area contributed by atoms with Crippen molar-refractivity contribution < 1.29 is 18.1 Å². The number of nitro groups is 1. The molecule has 0 unspecified atom stereocenters. The Morgan fingerprint density at radius 3 is 2.31 bits per heavy atom. The van der Waals surface area contributed by atoms with Gasteiger partial charge in [-0.2, -0.15) is 0 Å². The number of nitrogens with one attached hydrogen (secondary N) is 1. The minimum Gasteiger partial charge on any atom is -0.348 e. The van der Waals surface area contributed by atoms with Crippen LogP contribution < -0.4 is 9.62 Å². The third-order valence-corrected chi connectivity index (χ3v) is 5.87. The Kier molecular flexibility index (Phi) is 6.97. The average molecular weight is 420 g/mol. The molecule has 0 saturated carbocycles. The zero-order valence-corrected chi connectivity index (χ0v) is 17.6. The molecule has 1 amide bonds. The fourth-order valence-corrected chi connectivity index (χ4v) is 4.18. The first-order chi connectivity index (χ1) is 13.5. The average Bonchev–Trinajstić information content (AvgIpc) is 2.67. The van der Waals surface area contributed by atoms with Crippen molar-refractivity contribution in [1.82, 2.24) is 5.32 Å². The monoisotopic (exact) mass is 419 g/mol. The Morgan fingerprint density at radius 2 is 1.79 bits per heavy atom. The maximum absolute atomic E-state index is 12.8. The number of non-ortho nitro benzene ring substituents is 1. The van der Waals surface area contributed by atoms with Crippen molar-refractivity contribution in [3.63, 3.8) is 0 Å². The maximum atomic E-state index is 12.8. The van der Waals surface area contributed by atoms with Crippen molar-refractivity contribution >= 4 is 27.3 Å². The van der Waals surface area contributed by atoms with E-state index < -0.39 is 26.9 Å². The van der Waals surface area contributed by atoms with Crippen LogP contribution in [0.4, 0.5) is 11.4 Å². The van der Waals surface area contributed by atoms with Crippen molar-refractivity contribution in [3.05, 3.63) is 69.8 Å². The molecule has 9 heteroatoms. The molecule has 2 atom stereocenters. The highest BCUT2D eigenvalue weighted by Crippen LogP contribution is 2.25. The van der Waals surface area contributed by atoms with Crippen molar-refractivity contribution in [1.29, 1.82) is 0 Å². The molecule has 0 aromatic heterocycles. The smallest absolute Gasteiger partial charge is 0.271 e. The number of anilines is 1. The van der Waals surface area contributed by atoms with Crippen molar-refractivity contribution in [3.8, 4) is 0 Å². The van der Waals surface area contributed by atoms with Crippen LogP contribution in [-0.4, -0.2) is 31.5 Å². The second-order valence-corrected chi connectivity index (χ2v) is 8.70. The normalized spacial score (nSPS) is 13.4. The lowest BCUT2D eigenvalue weighted by atomic mass is 10.0. The van der Waals surface area contributed by atoms with Gasteiger partial charge in [-0.15, -0.1) is 0 Å². The van der Waals surface area contributed by atoms with Gasteiger partial charge in [-0.1, -0.05) is 37.3 Å². The zero-order chi connectivity index (χ0) is 21.8. The topological polar surface area (TPSA) is 110 Å². The van der Waals surface area contributed by atoms with Crippen LogP contribution in [0.25, 0.3) is 0 Å². The highest BCUT2D eigenvalue weighted by atomic mass is 32.2. The van der Waals surface area contributed by atoms with Gasteiger partial charge in [-0.3, -0.25) is 19.2 Å². The van der Waals surface area contributed by atoms with E-state index in [4.69, 9.17) is 0 Å². The zero-order valence-electron chi connectivity index (χ0n) is 16.8. The number of hydrogen-bond donors (Lipinski definition) is 1. The molecule has 0 fully saturated rings. The third-order valence-electron chi connectivity index (χ3n) is 4.63. The lowest BCUT2D eigenvalue weighted by Crippen LogP contribution is -2.48. The number of sulfonamides is 1. The van der Waals surface area contributed by atoms with E-state index in [1.165, 1.54) is 30.7 Å². The van der Waals surface area contributed by atoms with Crippen LogP contribution in [0.5, 0.6) is 0 Å². The minimum atomic E-state index is -3.86. The van der Waals surface area contributed by atoms with Crippen LogP contribution in [-0.2, 0) is 21.2 Å². The molecule has 0 aliphatic rings. The molecule has 0 aliphatic carbocycles. The summed E-state index contributed by atoms with van der Waals surface area (Å²) < 4.78 is 25.6. The van der Waals surface area contributed by atoms with Crippen LogP contribution in [0.3, 0.4) is 0 Å². The maximum Gasteiger partial charge on any atom is 0.271 e. The van der Waals surface area contributed by atoms with Gasteiger partial charge in [-0.25, -0.2) is 8.42 Å². The number of aryl methyl sites for hydroxylation is 1. The summed E-state index contributed by atoms with van der Waals surface area (Å²) in [7, 11) is -3.86. The summed E-state index contributed by atoms with van der Waals surface area (Å²) >= 11 is 0. The molecule has 0 heterocycles. The molecular weight excluding hydrogens is 394 g/mol. The molecule has 156 valence electrons. The van der Waals surface area contributed by atoms with Crippen LogP contribution in [0.2, 0.25) is 0 Å². The van der Waals surface area contributed by atoms with Gasteiger partial charge in [-0.05, 0) is 37.5 Å². The summed E-state index contributed by atoms with van der Waals surface area (Å²) in [5.41, 5.74) is 1.87. The number of amides is 1. The molecule has 0 bridgehead atoms. The van der Waals surface area contributed by atoms with E-state index in [2.05, 4.69) is 12.2 Å². The predicted molar refractivity (Wildman–Crippen MR) is 112 cm³/mol. The van der Waals surface area contributed by atoms with Crippen molar-refractivity contribution in [2.45, 2.75) is 39.3 Å². The molecule has 1 N–H and O–H groups in total. The van der Waals surface area contributed by atoms with Gasteiger partial charge in [0, 0.05) is 12.1 Å². The second-order valence-electron chi connectivity index (χ2n) is 6.84. The lowest BCUT2D eigenvalue weighted by molar-refractivity contribution is -0.384. The molecular formula is C20H25N3O5S. The fourth-order valence-electron chi connectivity index (χ4n) is 3.01. The highest BCUT2D eigenvalue weighted by molar-refractivity contribution is 7.92. The number of benzene rings is 2. The molecule has 29 heavy (non-hydrogen) atoms. The van der Waals surface area contributed by atoms with E-state index in [0.717, 1.165) is 28.6 Å². The van der Waals surface area contributed by atoms with E-state index in [0.29, 0.717) is 0 Å². The third kappa shape index (κ3) is 5.54. The lowest BCUT2D eigenvalue weighted by Gasteiger charge is -2.29. The van der Waals surface area contributed by atoms with Gasteiger partial charge < -0.3 is 5.32 Å².